The summed E-state index contributed by atoms with van der Waals surface area (Å²) < 4.78 is 21.4. The van der Waals surface area contributed by atoms with Crippen LogP contribution in [-0.4, -0.2) is 31.1 Å². The monoisotopic (exact) mass is 174 g/mol. The maximum Gasteiger partial charge on any atom is 0.219 e. The quantitative estimate of drug-likeness (QED) is 0.599. The van der Waals surface area contributed by atoms with Gasteiger partial charge in [-0.2, -0.15) is 4.55 Å². The normalized spacial score (nSPS) is 36.6. The van der Waals surface area contributed by atoms with Crippen LogP contribution < -0.4 is 0 Å². The highest BCUT2D eigenvalue weighted by Gasteiger charge is 2.47. The molecule has 0 bridgehead atoms. The molecule has 1 N–H and O–H groups in total. The van der Waals surface area contributed by atoms with Crippen LogP contribution in [0.2, 0.25) is 0 Å². The lowest BCUT2D eigenvalue weighted by atomic mass is 10.4. The van der Waals surface area contributed by atoms with Gasteiger partial charge in [-0.05, 0) is 0 Å². The van der Waals surface area contributed by atoms with E-state index in [1.807, 2.05) is 0 Å². The Balaban J connectivity index is 2.08. The van der Waals surface area contributed by atoms with Gasteiger partial charge in [0.25, 0.3) is 0 Å². The lowest BCUT2D eigenvalue weighted by Crippen LogP contribution is -2.43. The Morgan fingerprint density at radius 3 is 2.82 bits per heavy atom. The van der Waals surface area contributed by atoms with Crippen LogP contribution in [0.15, 0.2) is 12.4 Å². The zero-order valence-electron chi connectivity index (χ0n) is 5.75. The molecule has 0 aromatic carbocycles. The molecule has 0 amide bonds. The fraction of sp³-hybridized carbons (Fsp3) is 0.600. The molecule has 0 unspecified atom stereocenters. The summed E-state index contributed by atoms with van der Waals surface area (Å²) in [6.07, 6.45) is 3.27. The Morgan fingerprint density at radius 2 is 2.36 bits per heavy atom. The Hall–Kier alpha value is -0.750. The van der Waals surface area contributed by atoms with Crippen molar-refractivity contribution in [1.29, 1.82) is 0 Å². The molecule has 0 atom stereocenters. The number of nitrogens with zero attached hydrogens (tertiary/aromatic N) is 3. The van der Waals surface area contributed by atoms with E-state index in [0.29, 0.717) is 11.5 Å². The number of aromatic nitrogens is 3. The fourth-order valence-electron chi connectivity index (χ4n) is 1.12. The molecular weight excluding hydrogens is 166 g/mol. The minimum absolute atomic E-state index is 0.0787. The van der Waals surface area contributed by atoms with Crippen LogP contribution in [0, 0.1) is 0 Å². The zero-order chi connectivity index (χ0) is 7.90. The van der Waals surface area contributed by atoms with Crippen LogP contribution in [0.5, 0.6) is 0 Å². The highest BCUT2D eigenvalue weighted by Crippen LogP contribution is 2.26. The Kier molecular flexibility index (Phi) is 1.33. The minimum atomic E-state index is -2.50. The predicted molar refractivity (Wildman–Crippen MR) is 39.5 cm³/mol. The largest absolute Gasteiger partial charge is 0.240 e. The third-order valence-corrected chi connectivity index (χ3v) is 3.53. The molecular formula is C5H8N3O2S+. The molecule has 1 aromatic rings. The van der Waals surface area contributed by atoms with Gasteiger partial charge < -0.3 is 0 Å². The van der Waals surface area contributed by atoms with E-state index in [-0.39, 0.29) is 6.04 Å². The molecule has 2 rings (SSSR count). The molecule has 6 heteroatoms. The third kappa shape index (κ3) is 1.19. The second-order valence-corrected chi connectivity index (χ2v) is 4.85. The second-order valence-electron chi connectivity index (χ2n) is 2.64. The fourth-order valence-corrected chi connectivity index (χ4v) is 2.53. The summed E-state index contributed by atoms with van der Waals surface area (Å²) in [6, 6.07) is 0.0787. The number of hydrogen-bond acceptors (Lipinski definition) is 3. The molecule has 1 aliphatic heterocycles. The average Bonchev–Trinajstić information content (AvgIpc) is 2.32. The van der Waals surface area contributed by atoms with Crippen LogP contribution in [0.3, 0.4) is 0 Å². The molecule has 1 fully saturated rings. The maximum atomic E-state index is 10.8. The molecule has 11 heavy (non-hydrogen) atoms. The van der Waals surface area contributed by atoms with Crippen molar-refractivity contribution < 1.29 is 8.76 Å². The van der Waals surface area contributed by atoms with Crippen molar-refractivity contribution in [2.45, 2.75) is 6.04 Å². The van der Waals surface area contributed by atoms with E-state index in [2.05, 4.69) is 10.3 Å². The third-order valence-electron chi connectivity index (χ3n) is 1.72. The molecule has 1 aliphatic rings. The van der Waals surface area contributed by atoms with E-state index in [0.717, 1.165) is 0 Å². The highest BCUT2D eigenvalue weighted by molar-refractivity contribution is 7.99. The molecule has 0 aliphatic carbocycles. The first kappa shape index (κ1) is 6.93. The summed E-state index contributed by atoms with van der Waals surface area (Å²) in [5.41, 5.74) is 0. The van der Waals surface area contributed by atoms with Crippen molar-refractivity contribution >= 4 is 10.2 Å². The first-order valence-electron chi connectivity index (χ1n) is 3.25. The van der Waals surface area contributed by atoms with Gasteiger partial charge in [0.2, 0.25) is 10.2 Å². The van der Waals surface area contributed by atoms with Crippen LogP contribution in [-0.2, 0) is 14.4 Å². The smallest absolute Gasteiger partial charge is 0.219 e. The lowest BCUT2D eigenvalue weighted by molar-refractivity contribution is 0.415. The van der Waals surface area contributed by atoms with E-state index in [1.165, 1.54) is 0 Å². The second kappa shape index (κ2) is 2.12. The number of hydrogen-bond donors (Lipinski definition) is 1. The first-order chi connectivity index (χ1) is 5.17. The van der Waals surface area contributed by atoms with Gasteiger partial charge in [-0.15, -0.1) is 5.10 Å². The zero-order valence-corrected chi connectivity index (χ0v) is 6.57. The van der Waals surface area contributed by atoms with E-state index < -0.39 is 10.2 Å². The van der Waals surface area contributed by atoms with E-state index in [4.69, 9.17) is 4.55 Å². The number of rotatable bonds is 1. The summed E-state index contributed by atoms with van der Waals surface area (Å²) in [7, 11) is -2.50. The molecule has 2 heterocycles. The van der Waals surface area contributed by atoms with Gasteiger partial charge >= 0.3 is 0 Å². The van der Waals surface area contributed by atoms with Crippen molar-refractivity contribution in [3.05, 3.63) is 12.4 Å². The standard InChI is InChI=1S/C5H7N3O2S/c9-11(10)3-5(4-11)8-2-1-6-7-8/h1-2,5H,3-4H2/p+1. The molecule has 1 saturated heterocycles. The SMILES string of the molecule is O=[S+]1(O)CC(n2ccnn2)C1. The predicted octanol–water partition coefficient (Wildman–Crippen LogP) is -0.195. The van der Waals surface area contributed by atoms with E-state index in [1.54, 1.807) is 17.1 Å². The molecule has 60 valence electrons. The van der Waals surface area contributed by atoms with Crippen LogP contribution in [0.1, 0.15) is 6.04 Å². The van der Waals surface area contributed by atoms with Crippen LogP contribution in [0.4, 0.5) is 0 Å². The van der Waals surface area contributed by atoms with Gasteiger partial charge in [0.05, 0.1) is 6.20 Å². The topological polar surface area (TPSA) is 68.0 Å². The Labute approximate surface area is 64.7 Å². The summed E-state index contributed by atoms with van der Waals surface area (Å²) in [5, 5.41) is 7.35. The summed E-state index contributed by atoms with van der Waals surface area (Å²) in [5.74, 6) is 0.632. The molecule has 1 aromatic heterocycles. The molecule has 0 spiro atoms. The lowest BCUT2D eigenvalue weighted by Gasteiger charge is -2.23. The first-order valence-corrected chi connectivity index (χ1v) is 5.10. The summed E-state index contributed by atoms with van der Waals surface area (Å²) >= 11 is 0. The van der Waals surface area contributed by atoms with Gasteiger partial charge in [-0.3, -0.25) is 0 Å². The Morgan fingerprint density at radius 1 is 1.64 bits per heavy atom. The molecule has 5 nitrogen and oxygen atoms in total. The van der Waals surface area contributed by atoms with Gasteiger partial charge in [0.1, 0.15) is 6.04 Å². The highest BCUT2D eigenvalue weighted by atomic mass is 32.3. The van der Waals surface area contributed by atoms with Crippen molar-refractivity contribution in [2.24, 2.45) is 0 Å². The Bertz CT molecular complexity index is 287. The molecule has 0 saturated carbocycles. The van der Waals surface area contributed by atoms with Gasteiger partial charge in [0, 0.05) is 6.20 Å². The van der Waals surface area contributed by atoms with E-state index in [9.17, 15) is 4.21 Å². The van der Waals surface area contributed by atoms with Crippen LogP contribution in [0.25, 0.3) is 0 Å². The van der Waals surface area contributed by atoms with Gasteiger partial charge in [-0.25, -0.2) is 4.68 Å². The van der Waals surface area contributed by atoms with Crippen LogP contribution >= 0.6 is 0 Å². The van der Waals surface area contributed by atoms with Crippen molar-refractivity contribution in [2.75, 3.05) is 11.5 Å². The van der Waals surface area contributed by atoms with Gasteiger partial charge in [0.15, 0.2) is 11.5 Å². The van der Waals surface area contributed by atoms with E-state index >= 15 is 0 Å². The van der Waals surface area contributed by atoms with Crippen molar-refractivity contribution in [1.82, 2.24) is 15.0 Å². The van der Waals surface area contributed by atoms with Crippen molar-refractivity contribution in [3.8, 4) is 0 Å². The summed E-state index contributed by atoms with van der Waals surface area (Å²) in [6.45, 7) is 0. The molecule has 0 radical (unpaired) electrons. The van der Waals surface area contributed by atoms with Crippen molar-refractivity contribution in [3.63, 3.8) is 0 Å². The van der Waals surface area contributed by atoms with Gasteiger partial charge in [-0.1, -0.05) is 9.42 Å². The minimum Gasteiger partial charge on any atom is -0.240 e. The summed E-state index contributed by atoms with van der Waals surface area (Å²) in [4.78, 5) is 0. The maximum absolute atomic E-state index is 10.8. The average molecular weight is 174 g/mol.